The summed E-state index contributed by atoms with van der Waals surface area (Å²) < 4.78 is 0. The molecule has 0 radical (unpaired) electrons. The van der Waals surface area contributed by atoms with E-state index in [4.69, 9.17) is 0 Å². The van der Waals surface area contributed by atoms with Crippen LogP contribution in [0.4, 0.5) is 11.4 Å². The Labute approximate surface area is 119 Å². The molecule has 2 aromatic carbocycles. The zero-order valence-electron chi connectivity index (χ0n) is 12.3. The van der Waals surface area contributed by atoms with Crippen LogP contribution < -0.4 is 9.80 Å². The number of likely N-dealkylation sites (N-methyl/N-ethyl adjacent to an activating group) is 1. The summed E-state index contributed by atoms with van der Waals surface area (Å²) >= 11 is 0. The number of anilines is 2. The second kappa shape index (κ2) is 5.41. The van der Waals surface area contributed by atoms with Crippen LogP contribution in [0.5, 0.6) is 0 Å². The summed E-state index contributed by atoms with van der Waals surface area (Å²) in [6, 6.07) is 11.5. The van der Waals surface area contributed by atoms with Crippen molar-refractivity contribution in [3.8, 4) is 0 Å². The monoisotopic (exact) mass is 272 g/mol. The summed E-state index contributed by atoms with van der Waals surface area (Å²) in [5.41, 5.74) is 2.02. The third-order valence-corrected chi connectivity index (χ3v) is 3.66. The molecular weight excluding hydrogens is 252 g/mol. The van der Waals surface area contributed by atoms with E-state index < -0.39 is 12.0 Å². The quantitative estimate of drug-likeness (QED) is 0.929. The molecule has 0 saturated carbocycles. The number of nitrogens with zero attached hydrogens (tertiary/aromatic N) is 2. The Kier molecular flexibility index (Phi) is 3.84. The van der Waals surface area contributed by atoms with E-state index in [1.54, 1.807) is 11.8 Å². The van der Waals surface area contributed by atoms with Gasteiger partial charge in [0.15, 0.2) is 0 Å². The number of hydrogen-bond donors (Lipinski definition) is 1. The Balaban J connectivity index is 2.67. The predicted molar refractivity (Wildman–Crippen MR) is 83.8 cm³/mol. The molecule has 0 amide bonds. The molecule has 1 unspecified atom stereocenters. The number of fused-ring (bicyclic) bond motifs is 1. The van der Waals surface area contributed by atoms with Crippen molar-refractivity contribution in [2.75, 3.05) is 30.9 Å². The van der Waals surface area contributed by atoms with Gasteiger partial charge in [-0.2, -0.15) is 0 Å². The Morgan fingerprint density at radius 2 is 1.60 bits per heavy atom. The number of rotatable bonds is 4. The summed E-state index contributed by atoms with van der Waals surface area (Å²) in [5, 5.41) is 11.4. The van der Waals surface area contributed by atoms with Crippen molar-refractivity contribution in [2.45, 2.75) is 13.0 Å². The van der Waals surface area contributed by atoms with Crippen molar-refractivity contribution in [2.24, 2.45) is 0 Å². The normalized spacial score (nSPS) is 12.2. The minimum absolute atomic E-state index is 0.573. The highest BCUT2D eigenvalue weighted by Gasteiger charge is 2.20. The molecule has 0 aliphatic heterocycles. The molecular formula is C16H20N2O2. The van der Waals surface area contributed by atoms with Gasteiger partial charge in [-0.1, -0.05) is 24.3 Å². The van der Waals surface area contributed by atoms with Crippen LogP contribution in [0.3, 0.4) is 0 Å². The molecule has 0 bridgehead atoms. The number of hydrogen-bond acceptors (Lipinski definition) is 3. The number of carboxylic acids is 1. The molecule has 20 heavy (non-hydrogen) atoms. The molecule has 0 aromatic heterocycles. The second-order valence-corrected chi connectivity index (χ2v) is 5.17. The maximum Gasteiger partial charge on any atom is 0.326 e. The summed E-state index contributed by atoms with van der Waals surface area (Å²) in [5.74, 6) is -0.827. The fraction of sp³-hybridized carbons (Fsp3) is 0.312. The van der Waals surface area contributed by atoms with Crippen LogP contribution in [-0.4, -0.2) is 38.3 Å². The van der Waals surface area contributed by atoms with E-state index in [1.165, 1.54) is 0 Å². The topological polar surface area (TPSA) is 43.8 Å². The first kappa shape index (κ1) is 14.2. The molecule has 2 rings (SSSR count). The van der Waals surface area contributed by atoms with Gasteiger partial charge in [0.05, 0.1) is 0 Å². The van der Waals surface area contributed by atoms with Crippen LogP contribution in [0, 0.1) is 0 Å². The van der Waals surface area contributed by atoms with Crippen LogP contribution in [0.1, 0.15) is 6.92 Å². The Bertz CT molecular complexity index is 632. The first-order valence-corrected chi connectivity index (χ1v) is 6.58. The van der Waals surface area contributed by atoms with Gasteiger partial charge in [0.25, 0.3) is 0 Å². The maximum atomic E-state index is 11.2. The Hall–Kier alpha value is -2.23. The first-order valence-electron chi connectivity index (χ1n) is 6.58. The number of carbonyl (C=O) groups is 1. The second-order valence-electron chi connectivity index (χ2n) is 5.17. The van der Waals surface area contributed by atoms with Crippen molar-refractivity contribution < 1.29 is 9.90 Å². The van der Waals surface area contributed by atoms with Crippen molar-refractivity contribution >= 4 is 28.1 Å². The predicted octanol–water partition coefficient (Wildman–Crippen LogP) is 2.82. The molecule has 1 N–H and O–H groups in total. The molecule has 0 aliphatic rings. The van der Waals surface area contributed by atoms with Gasteiger partial charge >= 0.3 is 5.97 Å². The highest BCUT2D eigenvalue weighted by Crippen LogP contribution is 2.34. The van der Waals surface area contributed by atoms with Crippen molar-refractivity contribution in [1.82, 2.24) is 0 Å². The SMILES string of the molecule is CC(C(=O)O)N(C)c1cccc2cccc(N(C)C)c12. The van der Waals surface area contributed by atoms with Gasteiger partial charge in [0, 0.05) is 37.9 Å². The third kappa shape index (κ3) is 2.41. The van der Waals surface area contributed by atoms with E-state index in [-0.39, 0.29) is 0 Å². The van der Waals surface area contributed by atoms with E-state index in [9.17, 15) is 9.90 Å². The van der Waals surface area contributed by atoms with Crippen LogP contribution in [0.15, 0.2) is 36.4 Å². The lowest BCUT2D eigenvalue weighted by Crippen LogP contribution is -2.36. The van der Waals surface area contributed by atoms with Crippen LogP contribution in [0.25, 0.3) is 10.8 Å². The van der Waals surface area contributed by atoms with Gasteiger partial charge in [-0.3, -0.25) is 0 Å². The average Bonchev–Trinajstić information content (AvgIpc) is 2.44. The van der Waals surface area contributed by atoms with Gasteiger partial charge in [-0.15, -0.1) is 0 Å². The highest BCUT2D eigenvalue weighted by molar-refractivity contribution is 6.04. The molecule has 0 saturated heterocycles. The lowest BCUT2D eigenvalue weighted by atomic mass is 10.0. The van der Waals surface area contributed by atoms with E-state index in [0.717, 1.165) is 22.1 Å². The minimum Gasteiger partial charge on any atom is -0.480 e. The summed E-state index contributed by atoms with van der Waals surface area (Å²) in [4.78, 5) is 15.1. The van der Waals surface area contributed by atoms with Gasteiger partial charge < -0.3 is 14.9 Å². The zero-order chi connectivity index (χ0) is 14.9. The first-order chi connectivity index (χ1) is 9.43. The molecule has 0 aliphatic carbocycles. The van der Waals surface area contributed by atoms with Crippen LogP contribution in [0.2, 0.25) is 0 Å². The number of benzene rings is 2. The largest absolute Gasteiger partial charge is 0.480 e. The van der Waals surface area contributed by atoms with E-state index in [0.29, 0.717) is 0 Å². The maximum absolute atomic E-state index is 11.2. The molecule has 2 aromatic rings. The lowest BCUT2D eigenvalue weighted by molar-refractivity contribution is -0.138. The van der Waals surface area contributed by atoms with Gasteiger partial charge in [0.2, 0.25) is 0 Å². The minimum atomic E-state index is -0.827. The van der Waals surface area contributed by atoms with E-state index in [2.05, 4.69) is 0 Å². The molecule has 4 nitrogen and oxygen atoms in total. The molecule has 1 atom stereocenters. The van der Waals surface area contributed by atoms with Crippen molar-refractivity contribution in [3.63, 3.8) is 0 Å². The van der Waals surface area contributed by atoms with Crippen molar-refractivity contribution in [1.29, 1.82) is 0 Å². The Morgan fingerprint density at radius 3 is 2.10 bits per heavy atom. The highest BCUT2D eigenvalue weighted by atomic mass is 16.4. The average molecular weight is 272 g/mol. The van der Waals surface area contributed by atoms with Crippen molar-refractivity contribution in [3.05, 3.63) is 36.4 Å². The fourth-order valence-electron chi connectivity index (χ4n) is 2.34. The summed E-state index contributed by atoms with van der Waals surface area (Å²) in [6.07, 6.45) is 0. The van der Waals surface area contributed by atoms with E-state index in [1.807, 2.05) is 62.4 Å². The summed E-state index contributed by atoms with van der Waals surface area (Å²) in [7, 11) is 5.80. The molecule has 0 spiro atoms. The smallest absolute Gasteiger partial charge is 0.326 e. The van der Waals surface area contributed by atoms with E-state index >= 15 is 0 Å². The van der Waals surface area contributed by atoms with Gasteiger partial charge in [0.1, 0.15) is 6.04 Å². The Morgan fingerprint density at radius 1 is 1.05 bits per heavy atom. The molecule has 0 fully saturated rings. The lowest BCUT2D eigenvalue weighted by Gasteiger charge is -2.27. The molecule has 106 valence electrons. The van der Waals surface area contributed by atoms with Gasteiger partial charge in [-0.05, 0) is 24.4 Å². The third-order valence-electron chi connectivity index (χ3n) is 3.66. The van der Waals surface area contributed by atoms with Crippen LogP contribution >= 0.6 is 0 Å². The van der Waals surface area contributed by atoms with Gasteiger partial charge in [-0.25, -0.2) is 4.79 Å². The summed E-state index contributed by atoms with van der Waals surface area (Å²) in [6.45, 7) is 1.69. The number of carboxylic acid groups (broad SMARTS) is 1. The molecule has 4 heteroatoms. The zero-order valence-corrected chi connectivity index (χ0v) is 12.3. The number of aliphatic carboxylic acids is 1. The fourth-order valence-corrected chi connectivity index (χ4v) is 2.34. The standard InChI is InChI=1S/C16H20N2O2/c1-11(16(19)20)18(4)14-10-6-8-12-7-5-9-13(15(12)14)17(2)3/h5-11H,1-4H3,(H,19,20). The van der Waals surface area contributed by atoms with Crippen LogP contribution in [-0.2, 0) is 4.79 Å². The molecule has 0 heterocycles.